The SMILES string of the molecule is OCCCc1cc(C(F)F)cc(F)c1F. The summed E-state index contributed by atoms with van der Waals surface area (Å²) < 4.78 is 50.4. The number of aliphatic hydroxyl groups excluding tert-OH is 1. The van der Waals surface area contributed by atoms with E-state index in [0.717, 1.165) is 6.07 Å². The van der Waals surface area contributed by atoms with Gasteiger partial charge in [-0.2, -0.15) is 0 Å². The smallest absolute Gasteiger partial charge is 0.263 e. The van der Waals surface area contributed by atoms with E-state index in [1.54, 1.807) is 0 Å². The summed E-state index contributed by atoms with van der Waals surface area (Å²) in [6, 6.07) is 1.42. The molecule has 1 aromatic rings. The molecule has 0 atom stereocenters. The van der Waals surface area contributed by atoms with Crippen molar-refractivity contribution in [2.24, 2.45) is 0 Å². The predicted octanol–water partition coefficient (Wildman–Crippen LogP) is 2.83. The van der Waals surface area contributed by atoms with Crippen LogP contribution in [0.5, 0.6) is 0 Å². The molecule has 0 saturated heterocycles. The third kappa shape index (κ3) is 2.92. The van der Waals surface area contributed by atoms with Crippen molar-refractivity contribution in [3.63, 3.8) is 0 Å². The third-order valence-corrected chi connectivity index (χ3v) is 1.98. The Bertz CT molecular complexity index is 338. The lowest BCUT2D eigenvalue weighted by Crippen LogP contribution is -1.99. The van der Waals surface area contributed by atoms with Crippen molar-refractivity contribution in [1.29, 1.82) is 0 Å². The monoisotopic (exact) mass is 222 g/mol. The molecule has 0 aromatic heterocycles. The molecule has 0 amide bonds. The summed E-state index contributed by atoms with van der Waals surface area (Å²) in [5.74, 6) is -2.39. The first kappa shape index (κ1) is 12.0. The minimum Gasteiger partial charge on any atom is -0.396 e. The van der Waals surface area contributed by atoms with Gasteiger partial charge in [0, 0.05) is 12.2 Å². The van der Waals surface area contributed by atoms with E-state index in [9.17, 15) is 17.6 Å². The Balaban J connectivity index is 3.02. The first-order valence-corrected chi connectivity index (χ1v) is 4.43. The van der Waals surface area contributed by atoms with Gasteiger partial charge in [0.25, 0.3) is 6.43 Å². The normalized spacial score (nSPS) is 11.1. The summed E-state index contributed by atoms with van der Waals surface area (Å²) in [4.78, 5) is 0. The summed E-state index contributed by atoms with van der Waals surface area (Å²) >= 11 is 0. The van der Waals surface area contributed by atoms with E-state index in [1.165, 1.54) is 0 Å². The minimum absolute atomic E-state index is 0.0415. The van der Waals surface area contributed by atoms with Crippen LogP contribution in [0.25, 0.3) is 0 Å². The van der Waals surface area contributed by atoms with E-state index in [4.69, 9.17) is 5.11 Å². The molecule has 0 heterocycles. The van der Waals surface area contributed by atoms with Crippen molar-refractivity contribution in [1.82, 2.24) is 0 Å². The van der Waals surface area contributed by atoms with E-state index in [2.05, 4.69) is 0 Å². The van der Waals surface area contributed by atoms with Crippen LogP contribution in [0.3, 0.4) is 0 Å². The molecule has 0 aliphatic rings. The molecule has 84 valence electrons. The van der Waals surface area contributed by atoms with Crippen LogP contribution in [0.1, 0.15) is 24.0 Å². The van der Waals surface area contributed by atoms with Crippen molar-refractivity contribution >= 4 is 0 Å². The molecule has 0 spiro atoms. The van der Waals surface area contributed by atoms with Crippen molar-refractivity contribution in [2.75, 3.05) is 6.61 Å². The summed E-state index contributed by atoms with van der Waals surface area (Å²) in [7, 11) is 0. The number of rotatable bonds is 4. The van der Waals surface area contributed by atoms with Crippen molar-refractivity contribution in [2.45, 2.75) is 19.3 Å². The second-order valence-electron chi connectivity index (χ2n) is 3.10. The van der Waals surface area contributed by atoms with Crippen LogP contribution in [0.2, 0.25) is 0 Å². The first-order chi connectivity index (χ1) is 7.06. The lowest BCUT2D eigenvalue weighted by Gasteiger charge is -2.06. The standard InChI is InChI=1S/C10H10F4O/c11-8-5-7(10(13)14)4-6(9(8)12)2-1-3-15/h4-5,10,15H,1-3H2. The second kappa shape index (κ2) is 5.11. The minimum atomic E-state index is -2.83. The fraction of sp³-hybridized carbons (Fsp3) is 0.400. The topological polar surface area (TPSA) is 20.2 Å². The maximum atomic E-state index is 13.1. The molecule has 0 saturated carbocycles. The van der Waals surface area contributed by atoms with E-state index < -0.39 is 23.6 Å². The quantitative estimate of drug-likeness (QED) is 0.776. The lowest BCUT2D eigenvalue weighted by atomic mass is 10.1. The summed E-state index contributed by atoms with van der Waals surface area (Å²) in [5, 5.41) is 8.50. The zero-order valence-electron chi connectivity index (χ0n) is 7.81. The van der Waals surface area contributed by atoms with Crippen molar-refractivity contribution in [3.8, 4) is 0 Å². The summed E-state index contributed by atoms with van der Waals surface area (Å²) in [5.41, 5.74) is -0.666. The van der Waals surface area contributed by atoms with Gasteiger partial charge in [-0.05, 0) is 30.5 Å². The molecule has 5 heteroatoms. The van der Waals surface area contributed by atoms with Crippen molar-refractivity contribution in [3.05, 3.63) is 34.9 Å². The Morgan fingerprint density at radius 3 is 2.40 bits per heavy atom. The first-order valence-electron chi connectivity index (χ1n) is 4.43. The molecule has 0 radical (unpaired) electrons. The van der Waals surface area contributed by atoms with Gasteiger partial charge in [0.1, 0.15) is 0 Å². The second-order valence-corrected chi connectivity index (χ2v) is 3.10. The van der Waals surface area contributed by atoms with Gasteiger partial charge in [0.05, 0.1) is 0 Å². The highest BCUT2D eigenvalue weighted by molar-refractivity contribution is 5.27. The number of alkyl halides is 2. The summed E-state index contributed by atoms with van der Waals surface area (Å²) in [6.45, 7) is -0.194. The Hall–Kier alpha value is -1.10. The molecule has 1 aromatic carbocycles. The Morgan fingerprint density at radius 2 is 1.87 bits per heavy atom. The molecule has 0 aliphatic heterocycles. The molecule has 0 fully saturated rings. The Kier molecular flexibility index (Phi) is 4.08. The molecular formula is C10H10F4O. The van der Waals surface area contributed by atoms with E-state index in [1.807, 2.05) is 0 Å². The van der Waals surface area contributed by atoms with Gasteiger partial charge in [0.2, 0.25) is 0 Å². The Morgan fingerprint density at radius 1 is 1.20 bits per heavy atom. The van der Waals surface area contributed by atoms with E-state index >= 15 is 0 Å². The fourth-order valence-electron chi connectivity index (χ4n) is 1.25. The van der Waals surface area contributed by atoms with Crippen LogP contribution >= 0.6 is 0 Å². The van der Waals surface area contributed by atoms with Crippen LogP contribution in [0.15, 0.2) is 12.1 Å². The maximum Gasteiger partial charge on any atom is 0.263 e. The van der Waals surface area contributed by atoms with Gasteiger partial charge >= 0.3 is 0 Å². The number of halogens is 4. The number of hydrogen-bond donors (Lipinski definition) is 1. The van der Waals surface area contributed by atoms with Gasteiger partial charge < -0.3 is 5.11 Å². The van der Waals surface area contributed by atoms with Crippen LogP contribution in [0, 0.1) is 11.6 Å². The van der Waals surface area contributed by atoms with Gasteiger partial charge in [-0.1, -0.05) is 0 Å². The molecule has 15 heavy (non-hydrogen) atoms. The van der Waals surface area contributed by atoms with Crippen LogP contribution < -0.4 is 0 Å². The average Bonchev–Trinajstić information content (AvgIpc) is 2.19. The molecule has 1 nitrogen and oxygen atoms in total. The molecule has 1 rings (SSSR count). The Labute approximate surface area is 84.3 Å². The third-order valence-electron chi connectivity index (χ3n) is 1.98. The highest BCUT2D eigenvalue weighted by Crippen LogP contribution is 2.24. The van der Waals surface area contributed by atoms with Gasteiger partial charge in [0.15, 0.2) is 11.6 Å². The predicted molar refractivity (Wildman–Crippen MR) is 46.7 cm³/mol. The van der Waals surface area contributed by atoms with E-state index in [0.29, 0.717) is 6.07 Å². The van der Waals surface area contributed by atoms with Crippen LogP contribution in [0.4, 0.5) is 17.6 Å². The molecular weight excluding hydrogens is 212 g/mol. The lowest BCUT2D eigenvalue weighted by molar-refractivity contribution is 0.150. The zero-order valence-corrected chi connectivity index (χ0v) is 7.81. The largest absolute Gasteiger partial charge is 0.396 e. The average molecular weight is 222 g/mol. The fourth-order valence-corrected chi connectivity index (χ4v) is 1.25. The number of aryl methyl sites for hydroxylation is 1. The number of benzene rings is 1. The molecule has 0 unspecified atom stereocenters. The maximum absolute atomic E-state index is 13.1. The van der Waals surface area contributed by atoms with Crippen LogP contribution in [-0.2, 0) is 6.42 Å². The van der Waals surface area contributed by atoms with Gasteiger partial charge in [-0.25, -0.2) is 17.6 Å². The highest BCUT2D eigenvalue weighted by Gasteiger charge is 2.15. The number of aliphatic hydroxyl groups is 1. The molecule has 0 bridgehead atoms. The molecule has 1 N–H and O–H groups in total. The van der Waals surface area contributed by atoms with E-state index in [-0.39, 0.29) is 25.0 Å². The number of hydrogen-bond acceptors (Lipinski definition) is 1. The van der Waals surface area contributed by atoms with Gasteiger partial charge in [-0.15, -0.1) is 0 Å². The van der Waals surface area contributed by atoms with Gasteiger partial charge in [-0.3, -0.25) is 0 Å². The molecule has 0 aliphatic carbocycles. The summed E-state index contributed by atoms with van der Waals surface area (Å²) in [6.07, 6.45) is -2.57. The highest BCUT2D eigenvalue weighted by atomic mass is 19.3. The van der Waals surface area contributed by atoms with Crippen LogP contribution in [-0.4, -0.2) is 11.7 Å². The van der Waals surface area contributed by atoms with Crippen molar-refractivity contribution < 1.29 is 22.7 Å². The zero-order chi connectivity index (χ0) is 11.4.